The van der Waals surface area contributed by atoms with Gasteiger partial charge in [0.05, 0.1) is 0 Å². The minimum absolute atomic E-state index is 0.817. The normalized spacial score (nSPS) is 13.1. The van der Waals surface area contributed by atoms with Gasteiger partial charge in [0, 0.05) is 0 Å². The average Bonchev–Trinajstić information content (AvgIpc) is 3.53. The first-order valence-electron chi connectivity index (χ1n) is 9.87. The standard InChI is InChI=1S/C11H16.2C3H6.2C2H6.C2H4/c1-3-10(2)9-11-7-5-4-6-8-11;2*1-2-3-1;3*1-2/h4-8,10H,3,9H2,1-2H3;2*1-3H2;2*1-2H3;1-2H2/t10-;;;;;/m0...../s1. The van der Waals surface area contributed by atoms with Crippen molar-refractivity contribution in [2.24, 2.45) is 5.92 Å². The molecule has 2 saturated carbocycles. The molecule has 0 saturated heterocycles. The lowest BCUT2D eigenvalue weighted by molar-refractivity contribution is 0.560. The second kappa shape index (κ2) is 25.9. The summed E-state index contributed by atoms with van der Waals surface area (Å²) in [4.78, 5) is 0. The summed E-state index contributed by atoms with van der Waals surface area (Å²) in [6, 6.07) is 10.7. The molecule has 3 rings (SSSR count). The molecule has 1 aromatic rings. The third-order valence-corrected chi connectivity index (χ3v) is 2.83. The molecule has 0 nitrogen and oxygen atoms in total. The van der Waals surface area contributed by atoms with Gasteiger partial charge >= 0.3 is 0 Å². The molecule has 2 fully saturated rings. The van der Waals surface area contributed by atoms with E-state index in [1.807, 2.05) is 27.7 Å². The molecular formula is C23H44. The van der Waals surface area contributed by atoms with Crippen molar-refractivity contribution in [2.45, 2.75) is 92.9 Å². The van der Waals surface area contributed by atoms with E-state index >= 15 is 0 Å². The van der Waals surface area contributed by atoms with E-state index in [1.165, 1.54) is 56.9 Å². The van der Waals surface area contributed by atoms with E-state index in [-0.39, 0.29) is 0 Å². The van der Waals surface area contributed by atoms with Crippen molar-refractivity contribution in [1.29, 1.82) is 0 Å². The zero-order chi connectivity index (χ0) is 18.3. The van der Waals surface area contributed by atoms with Crippen molar-refractivity contribution < 1.29 is 0 Å². The maximum Gasteiger partial charge on any atom is -0.0253 e. The highest BCUT2D eigenvalue weighted by Crippen LogP contribution is 2.15. The van der Waals surface area contributed by atoms with Gasteiger partial charge < -0.3 is 0 Å². The van der Waals surface area contributed by atoms with Crippen LogP contribution in [0.5, 0.6) is 0 Å². The van der Waals surface area contributed by atoms with Gasteiger partial charge in [-0.25, -0.2) is 0 Å². The van der Waals surface area contributed by atoms with Crippen molar-refractivity contribution in [3.8, 4) is 0 Å². The van der Waals surface area contributed by atoms with Crippen LogP contribution in [0.1, 0.15) is 92.1 Å². The van der Waals surface area contributed by atoms with Crippen LogP contribution in [-0.2, 0) is 6.42 Å². The molecule has 0 heteroatoms. The molecule has 0 heterocycles. The summed E-state index contributed by atoms with van der Waals surface area (Å²) < 4.78 is 0. The topological polar surface area (TPSA) is 0 Å². The molecule has 23 heavy (non-hydrogen) atoms. The molecular weight excluding hydrogens is 276 g/mol. The summed E-state index contributed by atoms with van der Waals surface area (Å²) in [5, 5.41) is 0. The minimum Gasteiger partial charge on any atom is -0.106 e. The predicted molar refractivity (Wildman–Crippen MR) is 111 cm³/mol. The second-order valence-corrected chi connectivity index (χ2v) is 5.32. The van der Waals surface area contributed by atoms with Gasteiger partial charge in [0.2, 0.25) is 0 Å². The predicted octanol–water partition coefficient (Wildman–Crippen LogP) is 8.47. The van der Waals surface area contributed by atoms with Crippen LogP contribution in [0.15, 0.2) is 43.5 Å². The fourth-order valence-corrected chi connectivity index (χ4v) is 1.16. The van der Waals surface area contributed by atoms with Gasteiger partial charge in [-0.15, -0.1) is 13.2 Å². The molecule has 1 aromatic carbocycles. The maximum atomic E-state index is 3.00. The highest BCUT2D eigenvalue weighted by atomic mass is 14.0. The van der Waals surface area contributed by atoms with Crippen LogP contribution >= 0.6 is 0 Å². The first-order chi connectivity index (χ1) is 11.3. The smallest absolute Gasteiger partial charge is 0.0253 e. The minimum atomic E-state index is 0.817. The van der Waals surface area contributed by atoms with Gasteiger partial charge in [-0.3, -0.25) is 0 Å². The maximum absolute atomic E-state index is 3.00. The molecule has 0 radical (unpaired) electrons. The van der Waals surface area contributed by atoms with Crippen LogP contribution in [0, 0.1) is 5.92 Å². The molecule has 0 N–H and O–H groups in total. The Kier molecular flexibility index (Phi) is 30.2. The number of hydrogen-bond acceptors (Lipinski definition) is 0. The Balaban J connectivity index is -0.000000272. The SMILES string of the molecule is C1CC1.C1CC1.C=C.CC.CC.CC[C@H](C)Cc1ccccc1. The lowest BCUT2D eigenvalue weighted by Gasteiger charge is -2.06. The Morgan fingerprint density at radius 2 is 1.13 bits per heavy atom. The first kappa shape index (κ1) is 26.8. The summed E-state index contributed by atoms with van der Waals surface area (Å²) in [6.07, 6.45) is 11.5. The fraction of sp³-hybridized carbons (Fsp3) is 0.652. The fourth-order valence-electron chi connectivity index (χ4n) is 1.16. The average molecular weight is 321 g/mol. The van der Waals surface area contributed by atoms with Gasteiger partial charge in [-0.1, -0.05) is 117 Å². The van der Waals surface area contributed by atoms with Crippen molar-refractivity contribution in [1.82, 2.24) is 0 Å². The molecule has 0 bridgehead atoms. The monoisotopic (exact) mass is 320 g/mol. The number of rotatable bonds is 3. The van der Waals surface area contributed by atoms with E-state index in [0.29, 0.717) is 0 Å². The van der Waals surface area contributed by atoms with Crippen molar-refractivity contribution in [3.63, 3.8) is 0 Å². The Hall–Kier alpha value is -1.04. The zero-order valence-corrected chi connectivity index (χ0v) is 17.0. The zero-order valence-electron chi connectivity index (χ0n) is 17.0. The Morgan fingerprint density at radius 1 is 0.783 bits per heavy atom. The lowest BCUT2D eigenvalue weighted by atomic mass is 9.99. The van der Waals surface area contributed by atoms with Gasteiger partial charge in [0.1, 0.15) is 0 Å². The molecule has 0 unspecified atom stereocenters. The van der Waals surface area contributed by atoms with Crippen molar-refractivity contribution >= 4 is 0 Å². The molecule has 0 aromatic heterocycles. The van der Waals surface area contributed by atoms with Crippen LogP contribution in [0.3, 0.4) is 0 Å². The summed E-state index contributed by atoms with van der Waals surface area (Å²) in [7, 11) is 0. The molecule has 0 spiro atoms. The molecule has 2 aliphatic rings. The van der Waals surface area contributed by atoms with Gasteiger partial charge in [-0.2, -0.15) is 0 Å². The van der Waals surface area contributed by atoms with Gasteiger partial charge in [0.15, 0.2) is 0 Å². The van der Waals surface area contributed by atoms with E-state index in [4.69, 9.17) is 0 Å². The summed E-state index contributed by atoms with van der Waals surface area (Å²) in [6.45, 7) is 18.5. The van der Waals surface area contributed by atoms with Crippen LogP contribution in [0.4, 0.5) is 0 Å². The third kappa shape index (κ3) is 33.7. The van der Waals surface area contributed by atoms with Crippen molar-refractivity contribution in [3.05, 3.63) is 49.1 Å². The quantitative estimate of drug-likeness (QED) is 0.490. The van der Waals surface area contributed by atoms with E-state index in [2.05, 4.69) is 57.3 Å². The van der Waals surface area contributed by atoms with E-state index in [1.54, 1.807) is 0 Å². The highest BCUT2D eigenvalue weighted by molar-refractivity contribution is 5.14. The largest absolute Gasteiger partial charge is 0.106 e. The van der Waals surface area contributed by atoms with Crippen LogP contribution in [0.2, 0.25) is 0 Å². The summed E-state index contributed by atoms with van der Waals surface area (Å²) in [5.41, 5.74) is 1.46. The van der Waals surface area contributed by atoms with E-state index in [0.717, 1.165) is 5.92 Å². The van der Waals surface area contributed by atoms with E-state index < -0.39 is 0 Å². The Labute approximate surface area is 148 Å². The number of hydrogen-bond donors (Lipinski definition) is 0. The van der Waals surface area contributed by atoms with E-state index in [9.17, 15) is 0 Å². The highest BCUT2D eigenvalue weighted by Gasteiger charge is 1.98. The third-order valence-electron chi connectivity index (χ3n) is 2.83. The van der Waals surface area contributed by atoms with Crippen LogP contribution in [-0.4, -0.2) is 0 Å². The van der Waals surface area contributed by atoms with Crippen molar-refractivity contribution in [2.75, 3.05) is 0 Å². The number of benzene rings is 1. The van der Waals surface area contributed by atoms with Crippen LogP contribution < -0.4 is 0 Å². The Morgan fingerprint density at radius 3 is 1.39 bits per heavy atom. The molecule has 0 aliphatic heterocycles. The molecule has 2 aliphatic carbocycles. The van der Waals surface area contributed by atoms with Gasteiger partial charge in [0.25, 0.3) is 0 Å². The Bertz CT molecular complexity index is 260. The molecule has 0 amide bonds. The molecule has 136 valence electrons. The van der Waals surface area contributed by atoms with Gasteiger partial charge in [-0.05, 0) is 17.9 Å². The lowest BCUT2D eigenvalue weighted by Crippen LogP contribution is -1.96. The summed E-state index contributed by atoms with van der Waals surface area (Å²) >= 11 is 0. The second-order valence-electron chi connectivity index (χ2n) is 5.32. The van der Waals surface area contributed by atoms with Crippen LogP contribution in [0.25, 0.3) is 0 Å². The summed E-state index contributed by atoms with van der Waals surface area (Å²) in [5.74, 6) is 0.817. The molecule has 1 atom stereocenters. The first-order valence-corrected chi connectivity index (χ1v) is 9.87.